The van der Waals surface area contributed by atoms with E-state index in [0.717, 1.165) is 44.1 Å². The number of hydrogen-bond acceptors (Lipinski definition) is 6. The Kier molecular flexibility index (Phi) is 25.6. The highest BCUT2D eigenvalue weighted by molar-refractivity contribution is 5.88. The number of nitrogens with one attached hydrogen (secondary N) is 2. The maximum atomic E-state index is 13.6. The number of benzene rings is 1. The number of nitrogens with two attached hydrogens (primary N) is 3. The molecule has 10 heteroatoms. The maximum absolute atomic E-state index is 13.6. The predicted octanol–water partition coefficient (Wildman–Crippen LogP) is 5.03. The molecule has 1 rings (SSSR count). The molecule has 0 bridgehead atoms. The molecule has 1 aromatic rings. The molecule has 0 aromatic heterocycles. The van der Waals surface area contributed by atoms with Gasteiger partial charge in [0.25, 0.3) is 0 Å². The first kappa shape index (κ1) is 42.8. The summed E-state index contributed by atoms with van der Waals surface area (Å²) in [4.78, 5) is 52.4. The molecule has 0 aliphatic rings. The van der Waals surface area contributed by atoms with Gasteiger partial charge in [-0.05, 0) is 69.9 Å². The third kappa shape index (κ3) is 22.4. The van der Waals surface area contributed by atoms with Crippen LogP contribution in [-0.4, -0.2) is 66.8 Å². The van der Waals surface area contributed by atoms with Crippen molar-refractivity contribution >= 4 is 23.6 Å². The molecule has 0 spiro atoms. The minimum Gasteiger partial charge on any atom is -0.368 e. The minimum absolute atomic E-state index is 0.0629. The average molecular weight is 671 g/mol. The highest BCUT2D eigenvalue weighted by Crippen LogP contribution is 2.12. The Bertz CT molecular complexity index is 1040. The molecule has 0 heterocycles. The standard InChI is InChI=1S/C38H66N6O4/c1-2-3-4-5-6-7-8-9-10-11-12-13-14-15-19-25-36(46)43-34(24-20-21-27-39)38(48)42-33(29-32-22-17-16-18-23-32)30-44(31-35(41)45)37(47)26-28-40/h9-10,16-18,22-23,33-34H,2-8,11-15,19-21,24-31,39-40H2,1H3,(H2,41,45)(H,42,48)(H,43,46)/b10-9-/t33-,34-/m0/s1. The highest BCUT2D eigenvalue weighted by Gasteiger charge is 2.26. The van der Waals surface area contributed by atoms with Gasteiger partial charge in [0.15, 0.2) is 0 Å². The number of allylic oxidation sites excluding steroid dienone is 2. The van der Waals surface area contributed by atoms with Gasteiger partial charge in [0, 0.05) is 25.9 Å². The van der Waals surface area contributed by atoms with E-state index in [1.807, 2.05) is 30.3 Å². The topological polar surface area (TPSA) is 174 Å². The molecule has 10 nitrogen and oxygen atoms in total. The van der Waals surface area contributed by atoms with Crippen molar-refractivity contribution in [1.82, 2.24) is 15.5 Å². The van der Waals surface area contributed by atoms with E-state index in [2.05, 4.69) is 29.7 Å². The first-order valence-corrected chi connectivity index (χ1v) is 18.6. The van der Waals surface area contributed by atoms with Gasteiger partial charge in [-0.2, -0.15) is 0 Å². The summed E-state index contributed by atoms with van der Waals surface area (Å²) in [5.41, 5.74) is 17.7. The number of hydrogen-bond donors (Lipinski definition) is 5. The van der Waals surface area contributed by atoms with Crippen LogP contribution in [-0.2, 0) is 25.6 Å². The van der Waals surface area contributed by atoms with Crippen LogP contribution in [0.3, 0.4) is 0 Å². The van der Waals surface area contributed by atoms with Crippen LogP contribution in [0.2, 0.25) is 0 Å². The van der Waals surface area contributed by atoms with Gasteiger partial charge in [0.2, 0.25) is 23.6 Å². The van der Waals surface area contributed by atoms with Gasteiger partial charge < -0.3 is 32.7 Å². The quantitative estimate of drug-likeness (QED) is 0.0567. The van der Waals surface area contributed by atoms with Crippen molar-refractivity contribution in [2.24, 2.45) is 17.2 Å². The predicted molar refractivity (Wildman–Crippen MR) is 196 cm³/mol. The summed E-state index contributed by atoms with van der Waals surface area (Å²) in [5, 5.41) is 6.00. The molecular weight excluding hydrogens is 604 g/mol. The summed E-state index contributed by atoms with van der Waals surface area (Å²) < 4.78 is 0. The van der Waals surface area contributed by atoms with E-state index in [0.29, 0.717) is 32.2 Å². The first-order valence-electron chi connectivity index (χ1n) is 18.6. The van der Waals surface area contributed by atoms with Crippen molar-refractivity contribution < 1.29 is 19.2 Å². The van der Waals surface area contributed by atoms with E-state index < -0.39 is 18.0 Å². The minimum atomic E-state index is -0.727. The van der Waals surface area contributed by atoms with Gasteiger partial charge in [-0.1, -0.05) is 101 Å². The molecule has 2 atom stereocenters. The molecule has 4 amide bonds. The fraction of sp³-hybridized carbons (Fsp3) is 0.684. The number of rotatable bonds is 30. The summed E-state index contributed by atoms with van der Waals surface area (Å²) in [7, 11) is 0. The van der Waals surface area contributed by atoms with Crippen molar-refractivity contribution in [3.63, 3.8) is 0 Å². The van der Waals surface area contributed by atoms with Crippen LogP contribution in [0.25, 0.3) is 0 Å². The van der Waals surface area contributed by atoms with Crippen molar-refractivity contribution in [2.45, 2.75) is 141 Å². The van der Waals surface area contributed by atoms with E-state index in [9.17, 15) is 19.2 Å². The van der Waals surface area contributed by atoms with Gasteiger partial charge in [-0.3, -0.25) is 19.2 Å². The smallest absolute Gasteiger partial charge is 0.242 e. The molecule has 8 N–H and O–H groups in total. The second-order valence-corrected chi connectivity index (χ2v) is 12.9. The lowest BCUT2D eigenvalue weighted by molar-refractivity contribution is -0.136. The van der Waals surface area contributed by atoms with Crippen molar-refractivity contribution in [3.05, 3.63) is 48.0 Å². The van der Waals surface area contributed by atoms with Crippen LogP contribution in [0.5, 0.6) is 0 Å². The molecule has 0 radical (unpaired) electrons. The van der Waals surface area contributed by atoms with Crippen molar-refractivity contribution in [2.75, 3.05) is 26.2 Å². The number of carbonyl (C=O) groups is 4. The number of amides is 4. The molecule has 48 heavy (non-hydrogen) atoms. The van der Waals surface area contributed by atoms with Crippen LogP contribution in [0.15, 0.2) is 42.5 Å². The van der Waals surface area contributed by atoms with Gasteiger partial charge in [-0.15, -0.1) is 0 Å². The summed E-state index contributed by atoms with van der Waals surface area (Å²) in [6, 6.07) is 8.34. The molecule has 0 saturated heterocycles. The largest absolute Gasteiger partial charge is 0.368 e. The average Bonchev–Trinajstić information content (AvgIpc) is 3.06. The van der Waals surface area contributed by atoms with Crippen LogP contribution >= 0.6 is 0 Å². The fourth-order valence-corrected chi connectivity index (χ4v) is 5.74. The molecule has 0 unspecified atom stereocenters. The van der Waals surface area contributed by atoms with E-state index in [1.165, 1.54) is 56.3 Å². The Hall–Kier alpha value is -3.24. The third-order valence-corrected chi connectivity index (χ3v) is 8.43. The monoisotopic (exact) mass is 671 g/mol. The van der Waals surface area contributed by atoms with Gasteiger partial charge in [0.1, 0.15) is 6.04 Å². The highest BCUT2D eigenvalue weighted by atomic mass is 16.2. The molecule has 0 saturated carbocycles. The van der Waals surface area contributed by atoms with E-state index >= 15 is 0 Å². The lowest BCUT2D eigenvalue weighted by atomic mass is 10.0. The summed E-state index contributed by atoms with van der Waals surface area (Å²) in [6.07, 6.45) is 22.8. The Morgan fingerprint density at radius 3 is 1.98 bits per heavy atom. The Morgan fingerprint density at radius 1 is 0.750 bits per heavy atom. The van der Waals surface area contributed by atoms with Crippen LogP contribution in [0, 0.1) is 0 Å². The summed E-state index contributed by atoms with van der Waals surface area (Å²) in [6.45, 7) is 2.70. The zero-order valence-corrected chi connectivity index (χ0v) is 29.8. The van der Waals surface area contributed by atoms with E-state index in [1.54, 1.807) is 0 Å². The second kappa shape index (κ2) is 28.7. The van der Waals surface area contributed by atoms with Crippen LogP contribution in [0.1, 0.15) is 128 Å². The number of unbranched alkanes of at least 4 members (excludes halogenated alkanes) is 12. The number of carbonyl (C=O) groups excluding carboxylic acids is 4. The molecule has 0 fully saturated rings. The van der Waals surface area contributed by atoms with E-state index in [4.69, 9.17) is 17.2 Å². The molecule has 1 aromatic carbocycles. The zero-order valence-electron chi connectivity index (χ0n) is 29.8. The zero-order chi connectivity index (χ0) is 35.2. The SMILES string of the molecule is CCCCCCCC/C=C\CCCCCCCC(=O)N[C@@H](CCCCN)C(=O)N[C@@H](Cc1ccccc1)CN(CC(N)=O)C(=O)CCN. The third-order valence-electron chi connectivity index (χ3n) is 8.43. The molecule has 272 valence electrons. The number of primary amides is 1. The lowest BCUT2D eigenvalue weighted by Crippen LogP contribution is -2.54. The van der Waals surface area contributed by atoms with Crippen molar-refractivity contribution in [1.29, 1.82) is 0 Å². The maximum Gasteiger partial charge on any atom is 0.242 e. The molecule has 0 aliphatic heterocycles. The first-order chi connectivity index (χ1) is 23.3. The summed E-state index contributed by atoms with van der Waals surface area (Å²) >= 11 is 0. The Labute approximate surface area is 290 Å². The van der Waals surface area contributed by atoms with Gasteiger partial charge >= 0.3 is 0 Å². The van der Waals surface area contributed by atoms with Crippen LogP contribution in [0.4, 0.5) is 0 Å². The normalized spacial score (nSPS) is 12.5. The number of nitrogens with zero attached hydrogens (tertiary/aromatic N) is 1. The van der Waals surface area contributed by atoms with Crippen LogP contribution < -0.4 is 27.8 Å². The lowest BCUT2D eigenvalue weighted by Gasteiger charge is -2.29. The van der Waals surface area contributed by atoms with Crippen molar-refractivity contribution in [3.8, 4) is 0 Å². The Morgan fingerprint density at radius 2 is 1.38 bits per heavy atom. The molecular formula is C38H66N6O4. The Balaban J connectivity index is 2.62. The van der Waals surface area contributed by atoms with E-state index in [-0.39, 0.29) is 43.8 Å². The summed E-state index contributed by atoms with van der Waals surface area (Å²) in [5.74, 6) is -1.42. The second-order valence-electron chi connectivity index (χ2n) is 12.9. The fourth-order valence-electron chi connectivity index (χ4n) is 5.74. The molecule has 0 aliphatic carbocycles. The van der Waals surface area contributed by atoms with Gasteiger partial charge in [-0.25, -0.2) is 0 Å². The van der Waals surface area contributed by atoms with Gasteiger partial charge in [0.05, 0.1) is 12.6 Å².